The third-order valence-electron chi connectivity index (χ3n) is 7.09. The first-order valence-corrected chi connectivity index (χ1v) is 12.6. The van der Waals surface area contributed by atoms with Gasteiger partial charge in [0.15, 0.2) is 0 Å². The molecule has 1 aromatic carbocycles. The van der Waals surface area contributed by atoms with E-state index in [0.717, 1.165) is 24.1 Å². The van der Waals surface area contributed by atoms with Crippen LogP contribution in [-0.2, 0) is 4.74 Å². The van der Waals surface area contributed by atoms with Gasteiger partial charge in [0.25, 0.3) is 0 Å². The number of aryl methyl sites for hydroxylation is 1. The van der Waals surface area contributed by atoms with E-state index in [1.54, 1.807) is 37.6 Å². The summed E-state index contributed by atoms with van der Waals surface area (Å²) in [5, 5.41) is 16.6. The van der Waals surface area contributed by atoms with Crippen molar-refractivity contribution in [1.29, 1.82) is 5.26 Å². The normalized spacial score (nSPS) is 21.4. The summed E-state index contributed by atoms with van der Waals surface area (Å²) in [4.78, 5) is 8.75. The number of halogens is 2. The summed E-state index contributed by atoms with van der Waals surface area (Å²) in [6, 6.07) is 9.77. The molecule has 10 heteroatoms. The van der Waals surface area contributed by atoms with Gasteiger partial charge in [0.2, 0.25) is 5.95 Å². The summed E-state index contributed by atoms with van der Waals surface area (Å²) in [6.07, 6.45) is 6.94. The van der Waals surface area contributed by atoms with Crippen molar-refractivity contribution in [2.24, 2.45) is 11.7 Å². The van der Waals surface area contributed by atoms with Crippen LogP contribution < -0.4 is 11.1 Å². The van der Waals surface area contributed by atoms with Crippen LogP contribution in [0.2, 0.25) is 0 Å². The summed E-state index contributed by atoms with van der Waals surface area (Å²) in [5.41, 5.74) is 9.45. The first-order chi connectivity index (χ1) is 18.4. The van der Waals surface area contributed by atoms with E-state index < -0.39 is 11.6 Å². The summed E-state index contributed by atoms with van der Waals surface area (Å²) in [7, 11) is 0. The highest BCUT2D eigenvalue weighted by atomic mass is 19.1. The summed E-state index contributed by atoms with van der Waals surface area (Å²) < 4.78 is 36.7. The lowest BCUT2D eigenvalue weighted by Gasteiger charge is -2.39. The first-order valence-electron chi connectivity index (χ1n) is 12.6. The Morgan fingerprint density at radius 3 is 2.71 bits per heavy atom. The number of benzene rings is 1. The van der Waals surface area contributed by atoms with E-state index in [-0.39, 0.29) is 35.2 Å². The minimum absolute atomic E-state index is 0.0979. The predicted octanol–water partition coefficient (Wildman–Crippen LogP) is 5.26. The van der Waals surface area contributed by atoms with Crippen LogP contribution in [0, 0.1) is 35.8 Å². The molecule has 1 fully saturated rings. The van der Waals surface area contributed by atoms with Gasteiger partial charge in [0.1, 0.15) is 11.6 Å². The van der Waals surface area contributed by atoms with Gasteiger partial charge in [0, 0.05) is 12.2 Å². The maximum atomic E-state index is 14.6. The highest BCUT2D eigenvalue weighted by molar-refractivity contribution is 5.66. The number of anilines is 2. The molecule has 1 saturated carbocycles. The van der Waals surface area contributed by atoms with Gasteiger partial charge in [-0.3, -0.25) is 4.98 Å². The highest BCUT2D eigenvalue weighted by Gasteiger charge is 2.35. The summed E-state index contributed by atoms with van der Waals surface area (Å²) in [5.74, 6) is -0.576. The van der Waals surface area contributed by atoms with Crippen molar-refractivity contribution >= 4 is 17.2 Å². The summed E-state index contributed by atoms with van der Waals surface area (Å²) >= 11 is 0. The molecule has 0 radical (unpaired) electrons. The van der Waals surface area contributed by atoms with Gasteiger partial charge < -0.3 is 15.8 Å². The molecule has 3 N–H and O–H groups in total. The lowest BCUT2D eigenvalue weighted by Crippen LogP contribution is -2.46. The lowest BCUT2D eigenvalue weighted by molar-refractivity contribution is -0.0198. The fourth-order valence-electron chi connectivity index (χ4n) is 5.38. The second-order valence-electron chi connectivity index (χ2n) is 9.88. The standard InChI is InChI=1S/C28H29F2N7O/c1-16-10-21(29)26(22(30)11-16)24-5-4-19-14-34-28(37(19)36-24)35-25-15-33-8-6-20(25)18-12-17(2)27(23(32)13-18)38-9-3-7-31/h4-6,8,10-11,14-15,17-18,23,27H,3,9,12-13,32H2,1-2H3,(H,34,35)/t17-,18+,23+,27-/m0/s1. The van der Waals surface area contributed by atoms with Gasteiger partial charge in [-0.05, 0) is 73.1 Å². The topological polar surface area (TPSA) is 114 Å². The van der Waals surface area contributed by atoms with E-state index >= 15 is 0 Å². The lowest BCUT2D eigenvalue weighted by atomic mass is 9.74. The Morgan fingerprint density at radius 1 is 1.18 bits per heavy atom. The van der Waals surface area contributed by atoms with Gasteiger partial charge in [0.05, 0.1) is 60.1 Å². The smallest absolute Gasteiger partial charge is 0.229 e. The van der Waals surface area contributed by atoms with Crippen LogP contribution in [0.5, 0.6) is 0 Å². The minimum atomic E-state index is -0.670. The van der Waals surface area contributed by atoms with E-state index in [1.807, 2.05) is 6.07 Å². The van der Waals surface area contributed by atoms with Crippen molar-refractivity contribution in [3.8, 4) is 17.3 Å². The molecule has 3 heterocycles. The molecule has 5 rings (SSSR count). The molecule has 0 bridgehead atoms. The largest absolute Gasteiger partial charge is 0.375 e. The van der Waals surface area contributed by atoms with Crippen molar-refractivity contribution in [3.63, 3.8) is 0 Å². The third kappa shape index (κ3) is 5.08. The molecule has 0 amide bonds. The number of imidazole rings is 1. The zero-order valence-corrected chi connectivity index (χ0v) is 21.2. The van der Waals surface area contributed by atoms with Crippen LogP contribution >= 0.6 is 0 Å². The van der Waals surface area contributed by atoms with Gasteiger partial charge in [-0.2, -0.15) is 14.9 Å². The van der Waals surface area contributed by atoms with E-state index in [4.69, 9.17) is 15.7 Å². The third-order valence-corrected chi connectivity index (χ3v) is 7.09. The maximum Gasteiger partial charge on any atom is 0.229 e. The van der Waals surface area contributed by atoms with Crippen LogP contribution in [0.15, 0.2) is 48.9 Å². The number of fused-ring (bicyclic) bond motifs is 1. The quantitative estimate of drug-likeness (QED) is 0.321. The van der Waals surface area contributed by atoms with E-state index in [1.165, 1.54) is 16.6 Å². The molecule has 8 nitrogen and oxygen atoms in total. The number of nitrogens with two attached hydrogens (primary N) is 1. The molecule has 1 aliphatic carbocycles. The van der Waals surface area contributed by atoms with E-state index in [2.05, 4.69) is 33.4 Å². The molecule has 196 valence electrons. The Kier molecular flexibility index (Phi) is 7.31. The van der Waals surface area contributed by atoms with Crippen LogP contribution in [0.1, 0.15) is 43.2 Å². The first kappa shape index (κ1) is 25.7. The Morgan fingerprint density at radius 2 is 1.97 bits per heavy atom. The SMILES string of the molecule is Cc1cc(F)c(-c2ccc3cnc(Nc4cnccc4[C@H]4C[C@@H](N)[C@@H](OCCC#N)[C@@H](C)C4)n3n2)c(F)c1. The van der Waals surface area contributed by atoms with Crippen molar-refractivity contribution in [1.82, 2.24) is 19.6 Å². The molecule has 3 aromatic heterocycles. The molecule has 0 unspecified atom stereocenters. The molecule has 4 atom stereocenters. The Balaban J connectivity index is 1.42. The number of rotatable bonds is 7. The zero-order chi connectivity index (χ0) is 26.8. The van der Waals surface area contributed by atoms with Gasteiger partial charge in [-0.25, -0.2) is 13.8 Å². The minimum Gasteiger partial charge on any atom is -0.375 e. The molecule has 38 heavy (non-hydrogen) atoms. The zero-order valence-electron chi connectivity index (χ0n) is 21.2. The number of pyridine rings is 1. The number of nitrogens with one attached hydrogen (secondary N) is 1. The number of hydrogen-bond donors (Lipinski definition) is 2. The molecular formula is C28H29F2N7O. The van der Waals surface area contributed by atoms with E-state index in [9.17, 15) is 8.78 Å². The van der Waals surface area contributed by atoms with Crippen molar-refractivity contribution in [2.45, 2.75) is 51.2 Å². The average Bonchev–Trinajstić information content (AvgIpc) is 3.27. The second-order valence-corrected chi connectivity index (χ2v) is 9.88. The van der Waals surface area contributed by atoms with E-state index in [0.29, 0.717) is 30.1 Å². The van der Waals surface area contributed by atoms with Crippen molar-refractivity contribution in [2.75, 3.05) is 11.9 Å². The summed E-state index contributed by atoms with van der Waals surface area (Å²) in [6.45, 7) is 4.14. The molecule has 1 aliphatic rings. The van der Waals surface area contributed by atoms with Crippen molar-refractivity contribution in [3.05, 3.63) is 71.7 Å². The Bertz CT molecular complexity index is 1460. The number of aromatic nitrogens is 4. The predicted molar refractivity (Wildman–Crippen MR) is 140 cm³/mol. The van der Waals surface area contributed by atoms with Crippen LogP contribution in [0.4, 0.5) is 20.4 Å². The molecule has 0 saturated heterocycles. The van der Waals surface area contributed by atoms with Crippen LogP contribution in [0.25, 0.3) is 16.8 Å². The number of hydrogen-bond acceptors (Lipinski definition) is 7. The average molecular weight is 518 g/mol. The molecule has 4 aromatic rings. The number of nitrogens with zero attached hydrogens (tertiary/aromatic N) is 5. The van der Waals surface area contributed by atoms with Gasteiger partial charge in [-0.1, -0.05) is 6.92 Å². The molecular weight excluding hydrogens is 488 g/mol. The molecule has 0 aliphatic heterocycles. The van der Waals surface area contributed by atoms with Crippen LogP contribution in [-0.4, -0.2) is 38.3 Å². The maximum absolute atomic E-state index is 14.6. The van der Waals surface area contributed by atoms with Crippen LogP contribution in [0.3, 0.4) is 0 Å². The second kappa shape index (κ2) is 10.8. The Labute approximate surface area is 219 Å². The monoisotopic (exact) mass is 517 g/mol. The van der Waals surface area contributed by atoms with Crippen molar-refractivity contribution < 1.29 is 13.5 Å². The Hall–Kier alpha value is -3.94. The fraction of sp³-hybridized carbons (Fsp3) is 0.357. The number of ether oxygens (including phenoxy) is 1. The van der Waals surface area contributed by atoms with Gasteiger partial charge in [-0.15, -0.1) is 0 Å². The van der Waals surface area contributed by atoms with Gasteiger partial charge >= 0.3 is 0 Å². The number of nitriles is 1. The molecule has 0 spiro atoms. The highest BCUT2D eigenvalue weighted by Crippen LogP contribution is 2.40. The fourth-order valence-corrected chi connectivity index (χ4v) is 5.38.